The second kappa shape index (κ2) is 8.50. The molecule has 19 heavy (non-hydrogen) atoms. The van der Waals surface area contributed by atoms with E-state index in [4.69, 9.17) is 0 Å². The lowest BCUT2D eigenvalue weighted by Crippen LogP contribution is -2.40. The first-order valence-electron chi connectivity index (χ1n) is 7.01. The molecule has 0 saturated heterocycles. The van der Waals surface area contributed by atoms with Gasteiger partial charge in [0, 0.05) is 40.2 Å². The van der Waals surface area contributed by atoms with E-state index in [1.54, 1.807) is 6.33 Å². The van der Waals surface area contributed by atoms with Gasteiger partial charge in [0.1, 0.15) is 12.2 Å². The first-order chi connectivity index (χ1) is 9.22. The van der Waals surface area contributed by atoms with Crippen LogP contribution in [0.15, 0.2) is 11.3 Å². The Labute approximate surface area is 115 Å². The van der Waals surface area contributed by atoms with Crippen LogP contribution in [0.1, 0.15) is 32.5 Å². The fraction of sp³-hybridized carbons (Fsp3) is 0.769. The summed E-state index contributed by atoms with van der Waals surface area (Å²) in [4.78, 5) is 6.46. The maximum atomic E-state index is 4.29. The molecule has 0 aliphatic heterocycles. The van der Waals surface area contributed by atoms with Crippen molar-refractivity contribution >= 4 is 5.96 Å². The maximum Gasteiger partial charge on any atom is 0.193 e. The van der Waals surface area contributed by atoms with Crippen molar-refractivity contribution in [2.24, 2.45) is 4.99 Å². The molecule has 0 bridgehead atoms. The molecule has 6 heteroatoms. The van der Waals surface area contributed by atoms with Crippen LogP contribution in [0.3, 0.4) is 0 Å². The predicted octanol–water partition coefficient (Wildman–Crippen LogP) is 1.15. The highest BCUT2D eigenvalue weighted by molar-refractivity contribution is 5.79. The Hall–Kier alpha value is -1.59. The Kier molecular flexibility index (Phi) is 6.92. The van der Waals surface area contributed by atoms with Crippen LogP contribution in [0, 0.1) is 0 Å². The summed E-state index contributed by atoms with van der Waals surface area (Å²) in [5.74, 6) is 1.97. The third-order valence-electron chi connectivity index (χ3n) is 3.07. The van der Waals surface area contributed by atoms with Crippen LogP contribution in [-0.2, 0) is 13.0 Å². The summed E-state index contributed by atoms with van der Waals surface area (Å²) in [6, 6.07) is 0. The number of aryl methyl sites for hydroxylation is 1. The van der Waals surface area contributed by atoms with Crippen molar-refractivity contribution in [3.63, 3.8) is 0 Å². The third-order valence-corrected chi connectivity index (χ3v) is 3.07. The quantitative estimate of drug-likeness (QED) is 0.594. The van der Waals surface area contributed by atoms with Gasteiger partial charge >= 0.3 is 0 Å². The van der Waals surface area contributed by atoms with Gasteiger partial charge in [0.05, 0.1) is 0 Å². The molecule has 1 aromatic heterocycles. The molecule has 0 fully saturated rings. The SMILES string of the molecule is CCCCN(C)C(=NC)NCCn1cnnc1CC. The molecule has 1 heterocycles. The van der Waals surface area contributed by atoms with Crippen LogP contribution in [0.25, 0.3) is 0 Å². The molecule has 0 radical (unpaired) electrons. The minimum Gasteiger partial charge on any atom is -0.354 e. The van der Waals surface area contributed by atoms with Crippen LogP contribution in [0.2, 0.25) is 0 Å². The number of nitrogens with one attached hydrogen (secondary N) is 1. The lowest BCUT2D eigenvalue weighted by molar-refractivity contribution is 0.461. The number of guanidine groups is 1. The van der Waals surface area contributed by atoms with Crippen LogP contribution in [-0.4, -0.2) is 52.8 Å². The van der Waals surface area contributed by atoms with E-state index in [1.165, 1.54) is 12.8 Å². The lowest BCUT2D eigenvalue weighted by Gasteiger charge is -2.22. The van der Waals surface area contributed by atoms with E-state index in [0.717, 1.165) is 37.8 Å². The van der Waals surface area contributed by atoms with Crippen molar-refractivity contribution in [2.45, 2.75) is 39.7 Å². The van der Waals surface area contributed by atoms with E-state index < -0.39 is 0 Å². The van der Waals surface area contributed by atoms with Crippen molar-refractivity contribution in [3.05, 3.63) is 12.2 Å². The molecule has 1 N–H and O–H groups in total. The van der Waals surface area contributed by atoms with E-state index in [1.807, 2.05) is 7.05 Å². The molecule has 0 aromatic carbocycles. The highest BCUT2D eigenvalue weighted by Gasteiger charge is 2.05. The lowest BCUT2D eigenvalue weighted by atomic mass is 10.3. The molecule has 1 rings (SSSR count). The fourth-order valence-electron chi connectivity index (χ4n) is 1.91. The minimum atomic E-state index is 0.828. The molecule has 0 atom stereocenters. The van der Waals surface area contributed by atoms with Crippen LogP contribution < -0.4 is 5.32 Å². The largest absolute Gasteiger partial charge is 0.354 e. The summed E-state index contributed by atoms with van der Waals surface area (Å²) < 4.78 is 2.08. The molecule has 0 amide bonds. The van der Waals surface area contributed by atoms with Crippen molar-refractivity contribution in [1.82, 2.24) is 25.0 Å². The molecule has 0 aliphatic carbocycles. The standard InChI is InChI=1S/C13H26N6/c1-5-7-9-18(4)13(14-3)15-8-10-19-11-16-17-12(19)6-2/h11H,5-10H2,1-4H3,(H,14,15). The summed E-state index contributed by atoms with van der Waals surface area (Å²) in [5, 5.41) is 11.4. The topological polar surface area (TPSA) is 58.3 Å². The second-order valence-corrected chi connectivity index (χ2v) is 4.54. The molecular formula is C13H26N6. The Bertz CT molecular complexity index is 384. The zero-order valence-corrected chi connectivity index (χ0v) is 12.6. The zero-order chi connectivity index (χ0) is 14.1. The molecule has 0 unspecified atom stereocenters. The first kappa shape index (κ1) is 15.5. The number of aromatic nitrogens is 3. The van der Waals surface area contributed by atoms with E-state index in [2.05, 4.69) is 50.9 Å². The van der Waals surface area contributed by atoms with Gasteiger partial charge in [-0.3, -0.25) is 4.99 Å². The molecule has 108 valence electrons. The van der Waals surface area contributed by atoms with Gasteiger partial charge in [-0.1, -0.05) is 20.3 Å². The normalized spacial score (nSPS) is 11.7. The fourth-order valence-corrected chi connectivity index (χ4v) is 1.91. The van der Waals surface area contributed by atoms with Crippen LogP contribution >= 0.6 is 0 Å². The minimum absolute atomic E-state index is 0.828. The molecule has 6 nitrogen and oxygen atoms in total. The zero-order valence-electron chi connectivity index (χ0n) is 12.6. The first-order valence-corrected chi connectivity index (χ1v) is 7.01. The average molecular weight is 266 g/mol. The number of unbranched alkanes of at least 4 members (excludes halogenated alkanes) is 1. The van der Waals surface area contributed by atoms with Crippen molar-refractivity contribution in [1.29, 1.82) is 0 Å². The average Bonchev–Trinajstić information content (AvgIpc) is 2.88. The Morgan fingerprint density at radius 1 is 1.47 bits per heavy atom. The van der Waals surface area contributed by atoms with Gasteiger partial charge in [0.2, 0.25) is 0 Å². The van der Waals surface area contributed by atoms with E-state index >= 15 is 0 Å². The second-order valence-electron chi connectivity index (χ2n) is 4.54. The smallest absolute Gasteiger partial charge is 0.193 e. The van der Waals surface area contributed by atoms with Gasteiger partial charge in [-0.2, -0.15) is 0 Å². The number of nitrogens with zero attached hydrogens (tertiary/aromatic N) is 5. The molecule has 0 saturated carbocycles. The molecule has 0 aliphatic rings. The van der Waals surface area contributed by atoms with Crippen molar-refractivity contribution in [2.75, 3.05) is 27.2 Å². The van der Waals surface area contributed by atoms with Crippen molar-refractivity contribution in [3.8, 4) is 0 Å². The number of rotatable bonds is 7. The predicted molar refractivity (Wildman–Crippen MR) is 78.3 cm³/mol. The molecular weight excluding hydrogens is 240 g/mol. The summed E-state index contributed by atoms with van der Waals surface area (Å²) in [6.45, 7) is 7.00. The maximum absolute atomic E-state index is 4.29. The van der Waals surface area contributed by atoms with Gasteiger partial charge in [0.15, 0.2) is 5.96 Å². The number of hydrogen-bond acceptors (Lipinski definition) is 3. The number of aliphatic imine (C=N–C) groups is 1. The van der Waals surface area contributed by atoms with E-state index in [0.29, 0.717) is 0 Å². The van der Waals surface area contributed by atoms with E-state index in [-0.39, 0.29) is 0 Å². The molecule has 1 aromatic rings. The Morgan fingerprint density at radius 3 is 2.89 bits per heavy atom. The van der Waals surface area contributed by atoms with Crippen molar-refractivity contribution < 1.29 is 0 Å². The van der Waals surface area contributed by atoms with Gasteiger partial charge in [-0.05, 0) is 6.42 Å². The van der Waals surface area contributed by atoms with Gasteiger partial charge < -0.3 is 14.8 Å². The van der Waals surface area contributed by atoms with E-state index in [9.17, 15) is 0 Å². The Balaban J connectivity index is 2.38. The van der Waals surface area contributed by atoms with Crippen LogP contribution in [0.4, 0.5) is 0 Å². The highest BCUT2D eigenvalue weighted by atomic mass is 15.3. The summed E-state index contributed by atoms with van der Waals surface area (Å²) in [6.07, 6.45) is 5.07. The van der Waals surface area contributed by atoms with Gasteiger partial charge in [-0.25, -0.2) is 0 Å². The summed E-state index contributed by atoms with van der Waals surface area (Å²) in [7, 11) is 3.89. The highest BCUT2D eigenvalue weighted by Crippen LogP contribution is 1.96. The number of hydrogen-bond donors (Lipinski definition) is 1. The van der Waals surface area contributed by atoms with Crippen LogP contribution in [0.5, 0.6) is 0 Å². The third kappa shape index (κ3) is 4.89. The summed E-state index contributed by atoms with van der Waals surface area (Å²) >= 11 is 0. The monoisotopic (exact) mass is 266 g/mol. The summed E-state index contributed by atoms with van der Waals surface area (Å²) in [5.41, 5.74) is 0. The Morgan fingerprint density at radius 2 is 2.26 bits per heavy atom. The van der Waals surface area contributed by atoms with Gasteiger partial charge in [0.25, 0.3) is 0 Å². The molecule has 0 spiro atoms. The van der Waals surface area contributed by atoms with Gasteiger partial charge in [-0.15, -0.1) is 10.2 Å².